The number of alkyl halides is 3. The molecule has 0 atom stereocenters. The van der Waals surface area contributed by atoms with Crippen LogP contribution in [0.3, 0.4) is 0 Å². The molecule has 0 saturated heterocycles. The van der Waals surface area contributed by atoms with Crippen molar-refractivity contribution >= 4 is 36.7 Å². The summed E-state index contributed by atoms with van der Waals surface area (Å²) in [6.45, 7) is 0. The summed E-state index contributed by atoms with van der Waals surface area (Å²) in [5, 5.41) is 0.177. The zero-order valence-corrected chi connectivity index (χ0v) is 19.1. The standard InChI is InChI=1S/C26H21BrF3P/c27-31(23-10-4-1-5-11-23,24-12-6-2-7-13-24,25-14-8-3-9-15-25)20-21-16-18-22(19-17-21)26(28,29)30/h1-19H,20H2. The third-order valence-electron chi connectivity index (χ3n) is 5.64. The average Bonchev–Trinajstić information content (AvgIpc) is 2.81. The molecule has 0 heterocycles. The quantitative estimate of drug-likeness (QED) is 0.257. The van der Waals surface area contributed by atoms with Crippen LogP contribution in [-0.2, 0) is 12.3 Å². The second kappa shape index (κ2) is 8.26. The first-order chi connectivity index (χ1) is 14.8. The van der Waals surface area contributed by atoms with E-state index in [0.29, 0.717) is 6.16 Å². The van der Waals surface area contributed by atoms with Crippen molar-refractivity contribution in [2.24, 2.45) is 0 Å². The fourth-order valence-electron chi connectivity index (χ4n) is 4.08. The molecule has 0 aliphatic heterocycles. The van der Waals surface area contributed by atoms with Gasteiger partial charge in [-0.1, -0.05) is 0 Å². The second-order valence-corrected chi connectivity index (χ2v) is 16.5. The summed E-state index contributed by atoms with van der Waals surface area (Å²) >= 11 is 4.32. The van der Waals surface area contributed by atoms with E-state index >= 15 is 0 Å². The van der Waals surface area contributed by atoms with E-state index in [0.717, 1.165) is 21.5 Å². The summed E-state index contributed by atoms with van der Waals surface area (Å²) in [5.41, 5.74) is 0.212. The summed E-state index contributed by atoms with van der Waals surface area (Å²) in [7, 11) is 0. The summed E-state index contributed by atoms with van der Waals surface area (Å²) in [4.78, 5) is 0. The molecule has 5 heteroatoms. The molecule has 0 spiro atoms. The van der Waals surface area contributed by atoms with Crippen molar-refractivity contribution in [1.82, 2.24) is 0 Å². The van der Waals surface area contributed by atoms with Gasteiger partial charge in [0.05, 0.1) is 0 Å². The molecule has 31 heavy (non-hydrogen) atoms. The van der Waals surface area contributed by atoms with Gasteiger partial charge in [-0.05, 0) is 0 Å². The topological polar surface area (TPSA) is 0 Å². The van der Waals surface area contributed by atoms with Gasteiger partial charge in [0.25, 0.3) is 0 Å². The zero-order chi connectivity index (χ0) is 22.0. The number of hydrogen-bond acceptors (Lipinski definition) is 0. The van der Waals surface area contributed by atoms with Crippen molar-refractivity contribution in [3.63, 3.8) is 0 Å². The molecular formula is C26H21BrF3P. The Bertz CT molecular complexity index is 1040. The van der Waals surface area contributed by atoms with Crippen molar-refractivity contribution < 1.29 is 13.2 Å². The third kappa shape index (κ3) is 3.95. The second-order valence-electron chi connectivity index (χ2n) is 7.54. The van der Waals surface area contributed by atoms with Crippen LogP contribution < -0.4 is 15.9 Å². The van der Waals surface area contributed by atoms with Gasteiger partial charge in [-0.3, -0.25) is 0 Å². The van der Waals surface area contributed by atoms with E-state index in [1.165, 1.54) is 12.1 Å². The van der Waals surface area contributed by atoms with E-state index in [1.54, 1.807) is 12.1 Å². The number of hydrogen-bond donors (Lipinski definition) is 0. The molecule has 0 unspecified atom stereocenters. The maximum atomic E-state index is 13.1. The van der Waals surface area contributed by atoms with Crippen LogP contribution in [0.15, 0.2) is 115 Å². The Morgan fingerprint density at radius 3 is 1.23 bits per heavy atom. The van der Waals surface area contributed by atoms with E-state index in [-0.39, 0.29) is 0 Å². The molecule has 158 valence electrons. The first kappa shape index (κ1) is 21.8. The molecule has 0 aromatic heterocycles. The first-order valence-corrected chi connectivity index (χ1v) is 14.3. The van der Waals surface area contributed by atoms with Crippen LogP contribution >= 0.6 is 20.8 Å². The summed E-state index contributed by atoms with van der Waals surface area (Å²) in [5.74, 6) is 0. The van der Waals surface area contributed by atoms with Crippen molar-refractivity contribution in [2.75, 3.05) is 0 Å². The molecule has 0 N–H and O–H groups in total. The number of benzene rings is 4. The van der Waals surface area contributed by atoms with Crippen molar-refractivity contribution in [1.29, 1.82) is 0 Å². The molecule has 4 aromatic rings. The van der Waals surface area contributed by atoms with Crippen LogP contribution in [0, 0.1) is 0 Å². The van der Waals surface area contributed by atoms with Crippen LogP contribution in [0.1, 0.15) is 11.1 Å². The molecule has 4 rings (SSSR count). The Hall–Kier alpha value is -2.42. The molecule has 0 bridgehead atoms. The minimum absolute atomic E-state index is 0.557. The molecule has 0 aliphatic carbocycles. The minimum atomic E-state index is -4.35. The van der Waals surface area contributed by atoms with Crippen LogP contribution in [0.25, 0.3) is 0 Å². The molecule has 0 fully saturated rings. The van der Waals surface area contributed by atoms with Crippen LogP contribution in [0.5, 0.6) is 0 Å². The van der Waals surface area contributed by atoms with Gasteiger partial charge in [0.15, 0.2) is 0 Å². The van der Waals surface area contributed by atoms with Crippen molar-refractivity contribution in [3.05, 3.63) is 126 Å². The molecular weight excluding hydrogens is 480 g/mol. The van der Waals surface area contributed by atoms with E-state index in [4.69, 9.17) is 0 Å². The van der Waals surface area contributed by atoms with E-state index in [9.17, 15) is 13.2 Å². The predicted molar refractivity (Wildman–Crippen MR) is 129 cm³/mol. The van der Waals surface area contributed by atoms with Gasteiger partial charge in [-0.25, -0.2) is 0 Å². The van der Waals surface area contributed by atoms with Gasteiger partial charge < -0.3 is 0 Å². The molecule has 0 aliphatic rings. The number of rotatable bonds is 5. The molecule has 4 aromatic carbocycles. The van der Waals surface area contributed by atoms with Gasteiger partial charge in [0, 0.05) is 0 Å². The van der Waals surface area contributed by atoms with Gasteiger partial charge in [0.2, 0.25) is 0 Å². The monoisotopic (exact) mass is 500 g/mol. The van der Waals surface area contributed by atoms with Gasteiger partial charge in [0.1, 0.15) is 0 Å². The Balaban J connectivity index is 1.99. The van der Waals surface area contributed by atoms with Gasteiger partial charge >= 0.3 is 189 Å². The maximum absolute atomic E-state index is 13.1. The first-order valence-electron chi connectivity index (χ1n) is 9.88. The van der Waals surface area contributed by atoms with Crippen LogP contribution in [0.2, 0.25) is 0 Å². The van der Waals surface area contributed by atoms with E-state index < -0.39 is 17.0 Å². The summed E-state index contributed by atoms with van der Waals surface area (Å²) in [6, 6.07) is 36.2. The Kier molecular flexibility index (Phi) is 5.81. The Morgan fingerprint density at radius 1 is 0.548 bits per heavy atom. The Morgan fingerprint density at radius 2 is 0.903 bits per heavy atom. The third-order valence-corrected chi connectivity index (χ3v) is 15.2. The fraction of sp³-hybridized carbons (Fsp3) is 0.0769. The van der Waals surface area contributed by atoms with Gasteiger partial charge in [-0.15, -0.1) is 0 Å². The zero-order valence-electron chi connectivity index (χ0n) is 16.6. The normalized spacial score (nSPS) is 13.4. The molecule has 0 saturated carbocycles. The number of halogens is 4. The Labute approximate surface area is 188 Å². The van der Waals surface area contributed by atoms with E-state index in [1.807, 2.05) is 54.6 Å². The average molecular weight is 501 g/mol. The van der Waals surface area contributed by atoms with Crippen molar-refractivity contribution in [3.8, 4) is 0 Å². The molecule has 0 amide bonds. The predicted octanol–water partition coefficient (Wildman–Crippen LogP) is 7.05. The van der Waals surface area contributed by atoms with Crippen LogP contribution in [0.4, 0.5) is 13.2 Å². The van der Waals surface area contributed by atoms with Gasteiger partial charge in [-0.2, -0.15) is 0 Å². The van der Waals surface area contributed by atoms with E-state index in [2.05, 4.69) is 51.9 Å². The van der Waals surface area contributed by atoms with Crippen LogP contribution in [-0.4, -0.2) is 0 Å². The molecule has 0 nitrogen and oxygen atoms in total. The SMILES string of the molecule is FC(F)(F)c1ccc(CP(Br)(c2ccccc2)(c2ccccc2)c2ccccc2)cc1. The summed E-state index contributed by atoms with van der Waals surface area (Å²) < 4.78 is 39.4. The summed E-state index contributed by atoms with van der Waals surface area (Å²) in [6.07, 6.45) is -3.79. The van der Waals surface area contributed by atoms with Crippen molar-refractivity contribution in [2.45, 2.75) is 12.3 Å². The molecule has 0 radical (unpaired) electrons. The fourth-order valence-corrected chi connectivity index (χ4v) is 11.8.